The predicted molar refractivity (Wildman–Crippen MR) is 68.9 cm³/mol. The molecular formula is C13H21N3O. The molecule has 0 saturated carbocycles. The molecule has 0 aromatic carbocycles. The number of nitrogens with one attached hydrogen (secondary N) is 1. The number of aliphatic hydroxyl groups excluding tert-OH is 1. The van der Waals surface area contributed by atoms with Crippen LogP contribution in [-0.4, -0.2) is 41.7 Å². The van der Waals surface area contributed by atoms with Crippen molar-refractivity contribution in [3.8, 4) is 0 Å². The van der Waals surface area contributed by atoms with Crippen LogP contribution in [0.2, 0.25) is 0 Å². The third-order valence-corrected chi connectivity index (χ3v) is 3.46. The zero-order chi connectivity index (χ0) is 12.1. The number of anilines is 1. The largest absolute Gasteiger partial charge is 0.396 e. The molecule has 1 saturated heterocycles. The summed E-state index contributed by atoms with van der Waals surface area (Å²) in [7, 11) is 1.92. The first-order valence-corrected chi connectivity index (χ1v) is 6.27. The van der Waals surface area contributed by atoms with Crippen molar-refractivity contribution in [2.75, 3.05) is 32.1 Å². The lowest BCUT2D eigenvalue weighted by atomic mass is 9.98. The van der Waals surface area contributed by atoms with Gasteiger partial charge in [0.15, 0.2) is 0 Å². The fraction of sp³-hybridized carbons (Fsp3) is 0.615. The van der Waals surface area contributed by atoms with Crippen molar-refractivity contribution in [3.05, 3.63) is 24.0 Å². The second kappa shape index (κ2) is 5.98. The molecule has 0 unspecified atom stereocenters. The van der Waals surface area contributed by atoms with E-state index in [2.05, 4.69) is 21.3 Å². The van der Waals surface area contributed by atoms with E-state index >= 15 is 0 Å². The number of likely N-dealkylation sites (tertiary alicyclic amines) is 1. The lowest BCUT2D eigenvalue weighted by Gasteiger charge is -2.30. The lowest BCUT2D eigenvalue weighted by Crippen LogP contribution is -2.34. The third kappa shape index (κ3) is 3.41. The van der Waals surface area contributed by atoms with Gasteiger partial charge in [0.25, 0.3) is 0 Å². The Morgan fingerprint density at radius 2 is 2.24 bits per heavy atom. The van der Waals surface area contributed by atoms with E-state index < -0.39 is 0 Å². The second-order valence-electron chi connectivity index (χ2n) is 4.69. The van der Waals surface area contributed by atoms with Crippen LogP contribution in [0, 0.1) is 5.92 Å². The summed E-state index contributed by atoms with van der Waals surface area (Å²) in [6.07, 6.45) is 4.05. The van der Waals surface area contributed by atoms with Gasteiger partial charge in [-0.05, 0) is 44.0 Å². The monoisotopic (exact) mass is 235 g/mol. The minimum absolute atomic E-state index is 0.335. The first-order chi connectivity index (χ1) is 8.31. The van der Waals surface area contributed by atoms with Crippen LogP contribution in [0.5, 0.6) is 0 Å². The molecule has 1 aromatic rings. The Labute approximate surface area is 103 Å². The molecule has 94 valence electrons. The summed E-state index contributed by atoms with van der Waals surface area (Å²) >= 11 is 0. The first-order valence-electron chi connectivity index (χ1n) is 6.27. The molecule has 17 heavy (non-hydrogen) atoms. The van der Waals surface area contributed by atoms with Gasteiger partial charge in [0.05, 0.1) is 5.69 Å². The normalized spacial score (nSPS) is 18.2. The van der Waals surface area contributed by atoms with Crippen LogP contribution in [0.3, 0.4) is 0 Å². The molecule has 4 heteroatoms. The Kier molecular flexibility index (Phi) is 4.34. The molecular weight excluding hydrogens is 214 g/mol. The zero-order valence-corrected chi connectivity index (χ0v) is 10.4. The summed E-state index contributed by atoms with van der Waals surface area (Å²) in [5.74, 6) is 0.503. The number of rotatable bonds is 4. The molecule has 1 aromatic heterocycles. The molecule has 0 bridgehead atoms. The fourth-order valence-electron chi connectivity index (χ4n) is 2.28. The maximum absolute atomic E-state index is 9.10. The van der Waals surface area contributed by atoms with Crippen molar-refractivity contribution in [2.24, 2.45) is 5.92 Å². The van der Waals surface area contributed by atoms with Gasteiger partial charge in [-0.15, -0.1) is 0 Å². The highest BCUT2D eigenvalue weighted by Crippen LogP contribution is 2.18. The molecule has 1 fully saturated rings. The summed E-state index contributed by atoms with van der Waals surface area (Å²) in [5.41, 5.74) is 2.22. The van der Waals surface area contributed by atoms with Gasteiger partial charge in [-0.1, -0.05) is 0 Å². The fourth-order valence-corrected chi connectivity index (χ4v) is 2.28. The van der Waals surface area contributed by atoms with Gasteiger partial charge in [-0.2, -0.15) is 0 Å². The maximum Gasteiger partial charge on any atom is 0.0564 e. The van der Waals surface area contributed by atoms with Crippen LogP contribution >= 0.6 is 0 Å². The Morgan fingerprint density at radius 1 is 1.47 bits per heavy atom. The summed E-state index contributed by atoms with van der Waals surface area (Å²) in [5, 5.41) is 12.2. The molecule has 4 nitrogen and oxygen atoms in total. The predicted octanol–water partition coefficient (Wildman–Crippen LogP) is 1.33. The number of pyridine rings is 1. The van der Waals surface area contributed by atoms with Crippen LogP contribution in [0.15, 0.2) is 18.3 Å². The molecule has 0 radical (unpaired) electrons. The van der Waals surface area contributed by atoms with E-state index in [-0.39, 0.29) is 0 Å². The van der Waals surface area contributed by atoms with E-state index in [4.69, 9.17) is 5.11 Å². The molecule has 2 rings (SSSR count). The SMILES string of the molecule is CNc1ccnc(CN2CCC(CO)CC2)c1. The standard InChI is InChI=1S/C13H21N3O/c1-14-12-2-5-15-13(8-12)9-16-6-3-11(10-17)4-7-16/h2,5,8,11,17H,3-4,6-7,9-10H2,1H3,(H,14,15). The van der Waals surface area contributed by atoms with Crippen LogP contribution in [0.1, 0.15) is 18.5 Å². The van der Waals surface area contributed by atoms with E-state index in [1.807, 2.05) is 19.3 Å². The molecule has 1 aliphatic heterocycles. The quantitative estimate of drug-likeness (QED) is 0.826. The highest BCUT2D eigenvalue weighted by molar-refractivity contribution is 5.42. The molecule has 0 aliphatic carbocycles. The van der Waals surface area contributed by atoms with Gasteiger partial charge in [-0.3, -0.25) is 9.88 Å². The highest BCUT2D eigenvalue weighted by Gasteiger charge is 2.18. The van der Waals surface area contributed by atoms with Gasteiger partial charge in [0.1, 0.15) is 0 Å². The topological polar surface area (TPSA) is 48.4 Å². The summed E-state index contributed by atoms with van der Waals surface area (Å²) in [4.78, 5) is 6.80. The number of aliphatic hydroxyl groups is 1. The minimum atomic E-state index is 0.335. The van der Waals surface area contributed by atoms with Crippen LogP contribution in [0.25, 0.3) is 0 Å². The average molecular weight is 235 g/mol. The van der Waals surface area contributed by atoms with Crippen LogP contribution in [-0.2, 0) is 6.54 Å². The van der Waals surface area contributed by atoms with Gasteiger partial charge in [0, 0.05) is 32.1 Å². The van der Waals surface area contributed by atoms with Crippen LogP contribution < -0.4 is 5.32 Å². The van der Waals surface area contributed by atoms with E-state index in [0.29, 0.717) is 12.5 Å². The van der Waals surface area contributed by atoms with Crippen molar-refractivity contribution >= 4 is 5.69 Å². The van der Waals surface area contributed by atoms with Crippen molar-refractivity contribution < 1.29 is 5.11 Å². The Balaban J connectivity index is 1.88. The minimum Gasteiger partial charge on any atom is -0.396 e. The Bertz CT molecular complexity index is 348. The maximum atomic E-state index is 9.10. The van der Waals surface area contributed by atoms with E-state index in [1.54, 1.807) is 0 Å². The van der Waals surface area contributed by atoms with Gasteiger partial charge >= 0.3 is 0 Å². The van der Waals surface area contributed by atoms with Gasteiger partial charge in [0.2, 0.25) is 0 Å². The van der Waals surface area contributed by atoms with Crippen molar-refractivity contribution in [2.45, 2.75) is 19.4 Å². The van der Waals surface area contributed by atoms with Crippen molar-refractivity contribution in [1.82, 2.24) is 9.88 Å². The molecule has 0 amide bonds. The van der Waals surface area contributed by atoms with E-state index in [0.717, 1.165) is 43.9 Å². The smallest absolute Gasteiger partial charge is 0.0564 e. The summed E-state index contributed by atoms with van der Waals surface area (Å²) in [6, 6.07) is 4.07. The molecule has 0 atom stereocenters. The van der Waals surface area contributed by atoms with Gasteiger partial charge in [-0.25, -0.2) is 0 Å². The number of hydrogen-bond donors (Lipinski definition) is 2. The number of hydrogen-bond acceptors (Lipinski definition) is 4. The van der Waals surface area contributed by atoms with Crippen LogP contribution in [0.4, 0.5) is 5.69 Å². The highest BCUT2D eigenvalue weighted by atomic mass is 16.3. The van der Waals surface area contributed by atoms with Crippen molar-refractivity contribution in [3.63, 3.8) is 0 Å². The number of nitrogens with zero attached hydrogens (tertiary/aromatic N) is 2. The van der Waals surface area contributed by atoms with Gasteiger partial charge < -0.3 is 10.4 Å². The second-order valence-corrected chi connectivity index (χ2v) is 4.69. The molecule has 0 spiro atoms. The molecule has 2 heterocycles. The van der Waals surface area contributed by atoms with Crippen molar-refractivity contribution in [1.29, 1.82) is 0 Å². The Hall–Kier alpha value is -1.13. The average Bonchev–Trinajstić information content (AvgIpc) is 2.40. The lowest BCUT2D eigenvalue weighted by molar-refractivity contribution is 0.126. The third-order valence-electron chi connectivity index (χ3n) is 3.46. The molecule has 2 N–H and O–H groups in total. The number of piperidine rings is 1. The zero-order valence-electron chi connectivity index (χ0n) is 10.4. The molecule has 1 aliphatic rings. The summed E-state index contributed by atoms with van der Waals surface area (Å²) < 4.78 is 0. The number of aromatic nitrogens is 1. The van der Waals surface area contributed by atoms with E-state index in [9.17, 15) is 0 Å². The summed E-state index contributed by atoms with van der Waals surface area (Å²) in [6.45, 7) is 3.38. The Morgan fingerprint density at radius 3 is 2.88 bits per heavy atom. The van der Waals surface area contributed by atoms with E-state index in [1.165, 1.54) is 0 Å². The first kappa shape index (κ1) is 12.3.